The smallest absolute Gasteiger partial charge is 0.255 e. The molecular formula is C17H21N3O2. The maximum absolute atomic E-state index is 12.2. The van der Waals surface area contributed by atoms with Gasteiger partial charge in [-0.3, -0.25) is 4.79 Å². The van der Waals surface area contributed by atoms with Crippen molar-refractivity contribution in [2.24, 2.45) is 0 Å². The first-order valence-electron chi connectivity index (χ1n) is 7.17. The fourth-order valence-corrected chi connectivity index (χ4v) is 1.94. The van der Waals surface area contributed by atoms with E-state index in [-0.39, 0.29) is 5.91 Å². The molecule has 2 aromatic rings. The molecule has 1 aromatic carbocycles. The second kappa shape index (κ2) is 7.56. The number of aromatic nitrogens is 1. The lowest BCUT2D eigenvalue weighted by Gasteiger charge is -2.08. The number of hydrogen-bond acceptors (Lipinski definition) is 4. The Hall–Kier alpha value is -2.40. The summed E-state index contributed by atoms with van der Waals surface area (Å²) in [5.41, 5.74) is 3.58. The summed E-state index contributed by atoms with van der Waals surface area (Å²) in [5, 5.41) is 5.97. The zero-order chi connectivity index (χ0) is 15.9. The molecule has 2 rings (SSSR count). The van der Waals surface area contributed by atoms with Crippen molar-refractivity contribution in [1.29, 1.82) is 0 Å². The SMILES string of the molecule is COCCNc1ccc(NC(=O)c2ccc(C)c(C)c2)cn1. The van der Waals surface area contributed by atoms with Crippen LogP contribution in [-0.4, -0.2) is 31.2 Å². The van der Waals surface area contributed by atoms with Crippen LogP contribution in [0.4, 0.5) is 11.5 Å². The molecule has 5 nitrogen and oxygen atoms in total. The first-order valence-corrected chi connectivity index (χ1v) is 7.17. The normalized spacial score (nSPS) is 10.3. The van der Waals surface area contributed by atoms with E-state index in [4.69, 9.17) is 4.74 Å². The summed E-state index contributed by atoms with van der Waals surface area (Å²) in [4.78, 5) is 16.4. The molecule has 0 atom stereocenters. The minimum Gasteiger partial charge on any atom is -0.383 e. The summed E-state index contributed by atoms with van der Waals surface area (Å²) in [6.07, 6.45) is 1.63. The van der Waals surface area contributed by atoms with Gasteiger partial charge >= 0.3 is 0 Å². The maximum Gasteiger partial charge on any atom is 0.255 e. The van der Waals surface area contributed by atoms with Gasteiger partial charge in [0, 0.05) is 19.2 Å². The van der Waals surface area contributed by atoms with Crippen LogP contribution in [0.1, 0.15) is 21.5 Å². The van der Waals surface area contributed by atoms with Crippen molar-refractivity contribution in [2.45, 2.75) is 13.8 Å². The molecule has 0 unspecified atom stereocenters. The van der Waals surface area contributed by atoms with Gasteiger partial charge in [0.2, 0.25) is 0 Å². The van der Waals surface area contributed by atoms with Crippen LogP contribution in [0.15, 0.2) is 36.5 Å². The van der Waals surface area contributed by atoms with Gasteiger partial charge in [-0.1, -0.05) is 6.07 Å². The molecule has 1 heterocycles. The monoisotopic (exact) mass is 299 g/mol. The molecule has 0 saturated heterocycles. The minimum atomic E-state index is -0.134. The average Bonchev–Trinajstić information content (AvgIpc) is 2.52. The Balaban J connectivity index is 1.97. The standard InChI is InChI=1S/C17H21N3O2/c1-12-4-5-14(10-13(12)2)17(21)20-15-6-7-16(19-11-15)18-8-9-22-3/h4-7,10-11H,8-9H2,1-3H3,(H,18,19)(H,20,21). The number of aryl methyl sites for hydroxylation is 2. The van der Waals surface area contributed by atoms with Crippen molar-refractivity contribution in [2.75, 3.05) is 30.9 Å². The van der Waals surface area contributed by atoms with Crippen molar-refractivity contribution < 1.29 is 9.53 Å². The molecule has 0 aliphatic rings. The van der Waals surface area contributed by atoms with E-state index in [1.807, 2.05) is 44.2 Å². The number of pyridine rings is 1. The number of carbonyl (C=O) groups is 1. The molecule has 0 bridgehead atoms. The third kappa shape index (κ3) is 4.30. The maximum atomic E-state index is 12.2. The molecule has 1 amide bonds. The summed E-state index contributed by atoms with van der Waals surface area (Å²) in [6.45, 7) is 5.33. The molecule has 0 radical (unpaired) electrons. The van der Waals surface area contributed by atoms with Crippen LogP contribution in [-0.2, 0) is 4.74 Å². The summed E-state index contributed by atoms with van der Waals surface area (Å²) in [5.74, 6) is 0.617. The number of rotatable bonds is 6. The molecule has 0 fully saturated rings. The molecule has 0 aliphatic carbocycles. The zero-order valence-electron chi connectivity index (χ0n) is 13.1. The van der Waals surface area contributed by atoms with Gasteiger partial charge in [0.15, 0.2) is 0 Å². The van der Waals surface area contributed by atoms with Crippen LogP contribution in [0.3, 0.4) is 0 Å². The molecular weight excluding hydrogens is 278 g/mol. The predicted molar refractivity (Wildman–Crippen MR) is 88.5 cm³/mol. The molecule has 116 valence electrons. The van der Waals surface area contributed by atoms with Crippen molar-refractivity contribution in [3.05, 3.63) is 53.2 Å². The molecule has 1 aromatic heterocycles. The van der Waals surface area contributed by atoms with E-state index in [1.54, 1.807) is 13.3 Å². The summed E-state index contributed by atoms with van der Waals surface area (Å²) >= 11 is 0. The van der Waals surface area contributed by atoms with E-state index < -0.39 is 0 Å². The number of nitrogens with zero attached hydrogens (tertiary/aromatic N) is 1. The minimum absolute atomic E-state index is 0.134. The Bertz CT molecular complexity index is 639. The van der Waals surface area contributed by atoms with Crippen LogP contribution in [0.2, 0.25) is 0 Å². The highest BCUT2D eigenvalue weighted by Crippen LogP contribution is 2.14. The molecule has 0 saturated carbocycles. The second-order valence-corrected chi connectivity index (χ2v) is 5.10. The van der Waals surface area contributed by atoms with Crippen LogP contribution in [0.25, 0.3) is 0 Å². The van der Waals surface area contributed by atoms with E-state index in [0.29, 0.717) is 24.4 Å². The summed E-state index contributed by atoms with van der Waals surface area (Å²) in [7, 11) is 1.65. The predicted octanol–water partition coefficient (Wildman–Crippen LogP) is 3.01. The first kappa shape index (κ1) is 16.0. The summed E-state index contributed by atoms with van der Waals surface area (Å²) in [6, 6.07) is 9.31. The average molecular weight is 299 g/mol. The largest absolute Gasteiger partial charge is 0.383 e. The van der Waals surface area contributed by atoms with E-state index in [9.17, 15) is 4.79 Å². The third-order valence-corrected chi connectivity index (χ3v) is 3.40. The van der Waals surface area contributed by atoms with Crippen molar-refractivity contribution >= 4 is 17.4 Å². The molecule has 0 aliphatic heterocycles. The Labute approximate surface area is 130 Å². The number of anilines is 2. The zero-order valence-corrected chi connectivity index (χ0v) is 13.1. The first-order chi connectivity index (χ1) is 10.6. The number of benzene rings is 1. The number of carbonyl (C=O) groups excluding carboxylic acids is 1. The highest BCUT2D eigenvalue weighted by atomic mass is 16.5. The van der Waals surface area contributed by atoms with Crippen LogP contribution >= 0.6 is 0 Å². The van der Waals surface area contributed by atoms with Crippen LogP contribution < -0.4 is 10.6 Å². The number of amides is 1. The molecule has 0 spiro atoms. The second-order valence-electron chi connectivity index (χ2n) is 5.10. The highest BCUT2D eigenvalue weighted by molar-refractivity contribution is 6.04. The van der Waals surface area contributed by atoms with Gasteiger partial charge in [0.05, 0.1) is 18.5 Å². The van der Waals surface area contributed by atoms with E-state index in [2.05, 4.69) is 15.6 Å². The van der Waals surface area contributed by atoms with Crippen LogP contribution in [0, 0.1) is 13.8 Å². The van der Waals surface area contributed by atoms with Crippen molar-refractivity contribution in [3.8, 4) is 0 Å². The lowest BCUT2D eigenvalue weighted by atomic mass is 10.1. The quantitative estimate of drug-likeness (QED) is 0.805. The van der Waals surface area contributed by atoms with Gasteiger partial charge in [-0.25, -0.2) is 4.98 Å². The number of nitrogens with one attached hydrogen (secondary N) is 2. The Morgan fingerprint density at radius 2 is 2.00 bits per heavy atom. The Kier molecular flexibility index (Phi) is 5.49. The van der Waals surface area contributed by atoms with Gasteiger partial charge in [0.25, 0.3) is 5.91 Å². The van der Waals surface area contributed by atoms with Gasteiger partial charge in [-0.2, -0.15) is 0 Å². The van der Waals surface area contributed by atoms with Gasteiger partial charge in [0.1, 0.15) is 5.82 Å². The van der Waals surface area contributed by atoms with Crippen LogP contribution in [0.5, 0.6) is 0 Å². The van der Waals surface area contributed by atoms with Crippen molar-refractivity contribution in [1.82, 2.24) is 4.98 Å². The topological polar surface area (TPSA) is 63.2 Å². The van der Waals surface area contributed by atoms with Gasteiger partial charge in [-0.05, 0) is 49.2 Å². The van der Waals surface area contributed by atoms with E-state index >= 15 is 0 Å². The van der Waals surface area contributed by atoms with Gasteiger partial charge < -0.3 is 15.4 Å². The van der Waals surface area contributed by atoms with Gasteiger partial charge in [-0.15, -0.1) is 0 Å². The molecule has 5 heteroatoms. The van der Waals surface area contributed by atoms with E-state index in [1.165, 1.54) is 5.56 Å². The highest BCUT2D eigenvalue weighted by Gasteiger charge is 2.07. The fraction of sp³-hybridized carbons (Fsp3) is 0.294. The van der Waals surface area contributed by atoms with E-state index in [0.717, 1.165) is 11.4 Å². The lowest BCUT2D eigenvalue weighted by Crippen LogP contribution is -2.13. The Morgan fingerprint density at radius 1 is 1.18 bits per heavy atom. The third-order valence-electron chi connectivity index (χ3n) is 3.40. The number of hydrogen-bond donors (Lipinski definition) is 2. The van der Waals surface area contributed by atoms with Crippen molar-refractivity contribution in [3.63, 3.8) is 0 Å². The number of ether oxygens (including phenoxy) is 1. The molecule has 22 heavy (non-hydrogen) atoms. The summed E-state index contributed by atoms with van der Waals surface area (Å²) < 4.78 is 4.96. The fourth-order valence-electron chi connectivity index (χ4n) is 1.94. The number of methoxy groups -OCH3 is 1. The lowest BCUT2D eigenvalue weighted by molar-refractivity contribution is 0.102. The Morgan fingerprint density at radius 3 is 2.64 bits per heavy atom. The molecule has 2 N–H and O–H groups in total.